The molecule has 3 heterocycles. The minimum atomic E-state index is -4.13. The Hall–Kier alpha value is -0.660. The standard InChI is InChI=1S/C16H22F3N3S/c1-10-2-3-12-13(4-10)23-14(21-12)7-22-6-11-5-20-8-15(11,9-22)16(17,18)19/h10-11,20H,2-9H2,1H3/t10?,11-,15-/m0/s1. The number of hydrogen-bond acceptors (Lipinski definition) is 4. The topological polar surface area (TPSA) is 28.2 Å². The molecule has 23 heavy (non-hydrogen) atoms. The van der Waals surface area contributed by atoms with Crippen LogP contribution in [-0.2, 0) is 19.4 Å². The molecule has 4 rings (SSSR count). The molecule has 0 saturated carbocycles. The number of likely N-dealkylation sites (tertiary alicyclic amines) is 1. The average molecular weight is 345 g/mol. The number of fused-ring (bicyclic) bond motifs is 2. The molecule has 0 amide bonds. The smallest absolute Gasteiger partial charge is 0.315 e. The fourth-order valence-electron chi connectivity index (χ4n) is 4.40. The summed E-state index contributed by atoms with van der Waals surface area (Å²) < 4.78 is 40.7. The van der Waals surface area contributed by atoms with Gasteiger partial charge in [0, 0.05) is 37.0 Å². The number of nitrogens with zero attached hydrogens (tertiary/aromatic N) is 2. The summed E-state index contributed by atoms with van der Waals surface area (Å²) in [4.78, 5) is 8.02. The first kappa shape index (κ1) is 15.8. The number of halogens is 3. The molecule has 3 nitrogen and oxygen atoms in total. The van der Waals surface area contributed by atoms with E-state index < -0.39 is 11.6 Å². The van der Waals surface area contributed by atoms with Gasteiger partial charge in [0.05, 0.1) is 17.7 Å². The Morgan fingerprint density at radius 1 is 1.43 bits per heavy atom. The summed E-state index contributed by atoms with van der Waals surface area (Å²) >= 11 is 1.71. The number of hydrogen-bond donors (Lipinski definition) is 1. The average Bonchev–Trinajstić information content (AvgIpc) is 3.09. The summed E-state index contributed by atoms with van der Waals surface area (Å²) in [6.45, 7) is 3.98. The molecule has 1 aromatic rings. The molecular weight excluding hydrogens is 323 g/mol. The number of aromatic nitrogens is 1. The molecule has 7 heteroatoms. The minimum Gasteiger partial charge on any atom is -0.315 e. The van der Waals surface area contributed by atoms with Crippen molar-refractivity contribution in [3.63, 3.8) is 0 Å². The monoisotopic (exact) mass is 345 g/mol. The zero-order valence-corrected chi connectivity index (χ0v) is 14.1. The van der Waals surface area contributed by atoms with Crippen molar-refractivity contribution >= 4 is 11.3 Å². The van der Waals surface area contributed by atoms with Crippen LogP contribution < -0.4 is 5.32 Å². The van der Waals surface area contributed by atoms with Gasteiger partial charge < -0.3 is 5.32 Å². The highest BCUT2D eigenvalue weighted by atomic mass is 32.1. The van der Waals surface area contributed by atoms with Crippen LogP contribution in [0.4, 0.5) is 13.2 Å². The van der Waals surface area contributed by atoms with E-state index in [1.807, 2.05) is 4.90 Å². The van der Waals surface area contributed by atoms with E-state index in [4.69, 9.17) is 4.98 Å². The highest BCUT2D eigenvalue weighted by molar-refractivity contribution is 7.11. The largest absolute Gasteiger partial charge is 0.397 e. The predicted molar refractivity (Wildman–Crippen MR) is 83.4 cm³/mol. The number of aryl methyl sites for hydroxylation is 1. The van der Waals surface area contributed by atoms with Crippen molar-refractivity contribution < 1.29 is 13.2 Å². The maximum Gasteiger partial charge on any atom is 0.397 e. The molecule has 2 saturated heterocycles. The molecule has 1 N–H and O–H groups in total. The van der Waals surface area contributed by atoms with Crippen LogP contribution in [0.3, 0.4) is 0 Å². The second kappa shape index (κ2) is 5.43. The molecule has 1 aliphatic carbocycles. The summed E-state index contributed by atoms with van der Waals surface area (Å²) in [6.07, 6.45) is -0.865. The van der Waals surface area contributed by atoms with E-state index in [0.29, 0.717) is 25.6 Å². The maximum atomic E-state index is 13.6. The van der Waals surface area contributed by atoms with Crippen molar-refractivity contribution in [2.75, 3.05) is 26.2 Å². The molecule has 0 bridgehead atoms. The van der Waals surface area contributed by atoms with Crippen molar-refractivity contribution in [3.8, 4) is 0 Å². The molecule has 2 aliphatic heterocycles. The Morgan fingerprint density at radius 2 is 2.26 bits per heavy atom. The van der Waals surface area contributed by atoms with Crippen molar-refractivity contribution in [2.24, 2.45) is 17.3 Å². The zero-order chi connectivity index (χ0) is 16.2. The third-order valence-corrected chi connectivity index (χ3v) is 6.86. The Kier molecular flexibility index (Phi) is 3.74. The summed E-state index contributed by atoms with van der Waals surface area (Å²) in [5.74, 6) is 0.374. The molecule has 3 aliphatic rings. The fourth-order valence-corrected chi connectivity index (χ4v) is 5.72. The Morgan fingerprint density at radius 3 is 3.00 bits per heavy atom. The van der Waals surface area contributed by atoms with E-state index in [1.54, 1.807) is 11.3 Å². The number of rotatable bonds is 2. The van der Waals surface area contributed by atoms with E-state index >= 15 is 0 Å². The lowest BCUT2D eigenvalue weighted by Crippen LogP contribution is -2.45. The van der Waals surface area contributed by atoms with Crippen LogP contribution in [0.15, 0.2) is 0 Å². The highest BCUT2D eigenvalue weighted by Gasteiger charge is 2.64. The first-order chi connectivity index (χ1) is 10.9. The van der Waals surface area contributed by atoms with Gasteiger partial charge in [-0.1, -0.05) is 6.92 Å². The van der Waals surface area contributed by atoms with E-state index in [-0.39, 0.29) is 19.0 Å². The minimum absolute atomic E-state index is 0.0591. The zero-order valence-electron chi connectivity index (χ0n) is 13.2. The molecule has 1 unspecified atom stereocenters. The van der Waals surface area contributed by atoms with Crippen LogP contribution in [0.5, 0.6) is 0 Å². The van der Waals surface area contributed by atoms with Gasteiger partial charge in [0.2, 0.25) is 0 Å². The summed E-state index contributed by atoms with van der Waals surface area (Å²) in [5, 5.41) is 3.94. The second-order valence-electron chi connectivity index (χ2n) is 7.48. The highest BCUT2D eigenvalue weighted by Crippen LogP contribution is 2.51. The van der Waals surface area contributed by atoms with Gasteiger partial charge in [-0.25, -0.2) is 4.98 Å². The van der Waals surface area contributed by atoms with Gasteiger partial charge in [-0.05, 0) is 25.2 Å². The van der Waals surface area contributed by atoms with E-state index in [2.05, 4.69) is 12.2 Å². The Labute approximate surface area is 138 Å². The molecule has 3 atom stereocenters. The van der Waals surface area contributed by atoms with Crippen LogP contribution in [0.25, 0.3) is 0 Å². The normalized spacial score (nSPS) is 34.6. The van der Waals surface area contributed by atoms with Gasteiger partial charge in [-0.15, -0.1) is 11.3 Å². The van der Waals surface area contributed by atoms with Crippen molar-refractivity contribution in [1.82, 2.24) is 15.2 Å². The third kappa shape index (κ3) is 2.61. The van der Waals surface area contributed by atoms with Crippen LogP contribution in [-0.4, -0.2) is 42.2 Å². The van der Waals surface area contributed by atoms with E-state index in [9.17, 15) is 13.2 Å². The van der Waals surface area contributed by atoms with Crippen LogP contribution in [0.1, 0.15) is 28.9 Å². The number of thiazole rings is 1. The number of nitrogens with one attached hydrogen (secondary N) is 1. The van der Waals surface area contributed by atoms with Gasteiger partial charge in [0.25, 0.3) is 0 Å². The quantitative estimate of drug-likeness (QED) is 0.893. The van der Waals surface area contributed by atoms with Gasteiger partial charge in [0.15, 0.2) is 0 Å². The Bertz CT molecular complexity index is 600. The molecule has 0 spiro atoms. The van der Waals surface area contributed by atoms with Crippen molar-refractivity contribution in [2.45, 2.75) is 38.9 Å². The summed E-state index contributed by atoms with van der Waals surface area (Å²) in [6, 6.07) is 0. The van der Waals surface area contributed by atoms with E-state index in [0.717, 1.165) is 17.8 Å². The van der Waals surface area contributed by atoms with Gasteiger partial charge in [-0.2, -0.15) is 13.2 Å². The molecule has 0 radical (unpaired) electrons. The summed E-state index contributed by atoms with van der Waals surface area (Å²) in [5.41, 5.74) is -0.368. The van der Waals surface area contributed by atoms with Gasteiger partial charge >= 0.3 is 6.18 Å². The van der Waals surface area contributed by atoms with Gasteiger partial charge in [-0.3, -0.25) is 4.90 Å². The van der Waals surface area contributed by atoms with Gasteiger partial charge in [0.1, 0.15) is 5.01 Å². The summed E-state index contributed by atoms with van der Waals surface area (Å²) in [7, 11) is 0. The number of alkyl halides is 3. The Balaban J connectivity index is 1.49. The molecular formula is C16H22F3N3S. The van der Waals surface area contributed by atoms with Crippen LogP contribution in [0, 0.1) is 17.3 Å². The fraction of sp³-hybridized carbons (Fsp3) is 0.812. The second-order valence-corrected chi connectivity index (χ2v) is 8.64. The van der Waals surface area contributed by atoms with Crippen LogP contribution >= 0.6 is 11.3 Å². The molecule has 1 aromatic heterocycles. The lowest BCUT2D eigenvalue weighted by atomic mass is 9.80. The molecule has 0 aromatic carbocycles. The maximum absolute atomic E-state index is 13.6. The van der Waals surface area contributed by atoms with Crippen molar-refractivity contribution in [3.05, 3.63) is 15.6 Å². The molecule has 128 valence electrons. The lowest BCUT2D eigenvalue weighted by molar-refractivity contribution is -0.221. The first-order valence-corrected chi connectivity index (χ1v) is 9.16. The van der Waals surface area contributed by atoms with E-state index in [1.165, 1.54) is 17.0 Å². The molecule has 2 fully saturated rings. The van der Waals surface area contributed by atoms with Crippen LogP contribution in [0.2, 0.25) is 0 Å². The first-order valence-electron chi connectivity index (χ1n) is 8.34. The predicted octanol–water partition coefficient (Wildman–Crippen LogP) is 2.85. The third-order valence-electron chi connectivity index (χ3n) is 5.75. The SMILES string of the molecule is CC1CCc2nc(CN3C[C@@H]4CNC[C@]4(C(F)(F)F)C3)sc2C1. The lowest BCUT2D eigenvalue weighted by Gasteiger charge is -2.30. The van der Waals surface area contributed by atoms with Crippen molar-refractivity contribution in [1.29, 1.82) is 0 Å².